The summed E-state index contributed by atoms with van der Waals surface area (Å²) >= 11 is 0. The van der Waals surface area contributed by atoms with E-state index in [4.69, 9.17) is 0 Å². The zero-order valence-electron chi connectivity index (χ0n) is 12.2. The first kappa shape index (κ1) is 14.3. The minimum absolute atomic E-state index is 0.803. The number of nitrogens with one attached hydrogen (secondary N) is 2. The van der Waals surface area contributed by atoms with E-state index in [1.54, 1.807) is 6.33 Å². The first-order valence-corrected chi connectivity index (χ1v) is 7.23. The second-order valence-corrected chi connectivity index (χ2v) is 4.74. The van der Waals surface area contributed by atoms with Crippen molar-refractivity contribution >= 4 is 17.3 Å². The molecule has 0 bridgehead atoms. The summed E-state index contributed by atoms with van der Waals surface area (Å²) in [6.45, 7) is 5.11. The fraction of sp³-hybridized carbons (Fsp3) is 0.375. The van der Waals surface area contributed by atoms with Crippen molar-refractivity contribution in [2.75, 3.05) is 17.2 Å². The van der Waals surface area contributed by atoms with Gasteiger partial charge in [-0.15, -0.1) is 0 Å². The highest BCUT2D eigenvalue weighted by Gasteiger charge is 1.99. The first-order chi connectivity index (χ1) is 9.81. The van der Waals surface area contributed by atoms with Crippen LogP contribution in [-0.2, 0) is 6.42 Å². The van der Waals surface area contributed by atoms with Crippen molar-refractivity contribution in [3.05, 3.63) is 42.2 Å². The first-order valence-electron chi connectivity index (χ1n) is 7.23. The Labute approximate surface area is 120 Å². The van der Waals surface area contributed by atoms with Gasteiger partial charge in [-0.1, -0.05) is 25.5 Å². The third-order valence-corrected chi connectivity index (χ3v) is 3.07. The zero-order chi connectivity index (χ0) is 14.2. The van der Waals surface area contributed by atoms with Gasteiger partial charge < -0.3 is 10.6 Å². The van der Waals surface area contributed by atoms with Crippen molar-refractivity contribution < 1.29 is 0 Å². The van der Waals surface area contributed by atoms with Crippen LogP contribution in [0.15, 0.2) is 36.7 Å². The molecule has 0 spiro atoms. The van der Waals surface area contributed by atoms with Crippen molar-refractivity contribution in [2.45, 2.75) is 33.1 Å². The Kier molecular flexibility index (Phi) is 5.35. The summed E-state index contributed by atoms with van der Waals surface area (Å²) in [5.41, 5.74) is 2.43. The van der Waals surface area contributed by atoms with E-state index in [0.717, 1.165) is 30.3 Å². The van der Waals surface area contributed by atoms with Crippen LogP contribution in [0, 0.1) is 0 Å². The van der Waals surface area contributed by atoms with Gasteiger partial charge in [0.1, 0.15) is 18.0 Å². The van der Waals surface area contributed by atoms with Crippen LogP contribution in [0.1, 0.15) is 32.3 Å². The maximum absolute atomic E-state index is 4.23. The highest BCUT2D eigenvalue weighted by molar-refractivity contribution is 5.59. The molecular weight excluding hydrogens is 248 g/mol. The average molecular weight is 270 g/mol. The number of hydrogen-bond acceptors (Lipinski definition) is 4. The van der Waals surface area contributed by atoms with E-state index < -0.39 is 0 Å². The smallest absolute Gasteiger partial charge is 0.135 e. The van der Waals surface area contributed by atoms with E-state index in [9.17, 15) is 0 Å². The van der Waals surface area contributed by atoms with Crippen LogP contribution in [0.4, 0.5) is 17.3 Å². The number of rotatable bonds is 7. The molecule has 106 valence electrons. The van der Waals surface area contributed by atoms with Gasteiger partial charge in [0.2, 0.25) is 0 Å². The largest absolute Gasteiger partial charge is 0.370 e. The highest BCUT2D eigenvalue weighted by Crippen LogP contribution is 2.17. The predicted molar refractivity (Wildman–Crippen MR) is 84.5 cm³/mol. The van der Waals surface area contributed by atoms with Crippen LogP contribution in [0.2, 0.25) is 0 Å². The zero-order valence-corrected chi connectivity index (χ0v) is 12.2. The minimum atomic E-state index is 0.803. The van der Waals surface area contributed by atoms with Gasteiger partial charge >= 0.3 is 0 Å². The molecule has 20 heavy (non-hydrogen) atoms. The molecule has 0 atom stereocenters. The number of unbranched alkanes of at least 4 members (excludes halogenated alkanes) is 1. The quantitative estimate of drug-likeness (QED) is 0.798. The SMILES string of the molecule is CCCCc1ccc(Nc2cc(NCC)ncn2)cc1. The number of anilines is 3. The number of aryl methyl sites for hydroxylation is 1. The molecule has 0 radical (unpaired) electrons. The minimum Gasteiger partial charge on any atom is -0.370 e. The van der Waals surface area contributed by atoms with Crippen molar-refractivity contribution in [2.24, 2.45) is 0 Å². The standard InChI is InChI=1S/C16H22N4/c1-3-5-6-13-7-9-14(10-8-13)20-16-11-15(17-4-2)18-12-19-16/h7-12H,3-6H2,1-2H3,(H2,17,18,19,20). The molecule has 0 aliphatic heterocycles. The summed E-state index contributed by atoms with van der Waals surface area (Å²) < 4.78 is 0. The molecule has 0 aliphatic carbocycles. The lowest BCUT2D eigenvalue weighted by Crippen LogP contribution is -2.01. The molecular formula is C16H22N4. The van der Waals surface area contributed by atoms with Gasteiger partial charge in [0, 0.05) is 18.3 Å². The molecule has 2 aromatic rings. The molecule has 2 rings (SSSR count). The lowest BCUT2D eigenvalue weighted by Gasteiger charge is -2.08. The molecule has 1 aromatic carbocycles. The number of aromatic nitrogens is 2. The van der Waals surface area contributed by atoms with Gasteiger partial charge in [0.15, 0.2) is 0 Å². The van der Waals surface area contributed by atoms with E-state index in [2.05, 4.69) is 51.8 Å². The third-order valence-electron chi connectivity index (χ3n) is 3.07. The lowest BCUT2D eigenvalue weighted by atomic mass is 10.1. The van der Waals surface area contributed by atoms with Crippen LogP contribution in [-0.4, -0.2) is 16.5 Å². The van der Waals surface area contributed by atoms with E-state index in [1.807, 2.05) is 13.0 Å². The fourth-order valence-corrected chi connectivity index (χ4v) is 1.99. The number of hydrogen-bond donors (Lipinski definition) is 2. The molecule has 0 fully saturated rings. The maximum Gasteiger partial charge on any atom is 0.135 e. The summed E-state index contributed by atoms with van der Waals surface area (Å²) in [5.74, 6) is 1.64. The highest BCUT2D eigenvalue weighted by atomic mass is 15.1. The molecule has 4 nitrogen and oxygen atoms in total. The lowest BCUT2D eigenvalue weighted by molar-refractivity contribution is 0.795. The molecule has 2 N–H and O–H groups in total. The number of benzene rings is 1. The molecule has 0 aliphatic rings. The van der Waals surface area contributed by atoms with Gasteiger partial charge in [0.25, 0.3) is 0 Å². The van der Waals surface area contributed by atoms with Crippen molar-refractivity contribution in [1.29, 1.82) is 0 Å². The molecule has 0 amide bonds. The molecule has 0 saturated heterocycles. The van der Waals surface area contributed by atoms with E-state index in [1.165, 1.54) is 18.4 Å². The van der Waals surface area contributed by atoms with Gasteiger partial charge in [-0.25, -0.2) is 9.97 Å². The molecule has 0 saturated carbocycles. The molecule has 1 aromatic heterocycles. The number of nitrogens with zero attached hydrogens (tertiary/aromatic N) is 2. The fourth-order valence-electron chi connectivity index (χ4n) is 1.99. The molecule has 4 heteroatoms. The summed E-state index contributed by atoms with van der Waals surface area (Å²) in [4.78, 5) is 8.38. The van der Waals surface area contributed by atoms with Crippen LogP contribution < -0.4 is 10.6 Å². The van der Waals surface area contributed by atoms with Gasteiger partial charge in [-0.2, -0.15) is 0 Å². The monoisotopic (exact) mass is 270 g/mol. The Bertz CT molecular complexity index is 522. The predicted octanol–water partition coefficient (Wildman–Crippen LogP) is 3.99. The van der Waals surface area contributed by atoms with Gasteiger partial charge in [-0.05, 0) is 37.5 Å². The van der Waals surface area contributed by atoms with E-state index >= 15 is 0 Å². The van der Waals surface area contributed by atoms with Gasteiger partial charge in [-0.3, -0.25) is 0 Å². The van der Waals surface area contributed by atoms with Crippen molar-refractivity contribution in [1.82, 2.24) is 9.97 Å². The van der Waals surface area contributed by atoms with Crippen molar-refractivity contribution in [3.8, 4) is 0 Å². The van der Waals surface area contributed by atoms with E-state index in [0.29, 0.717) is 0 Å². The second kappa shape index (κ2) is 7.48. The van der Waals surface area contributed by atoms with Crippen molar-refractivity contribution in [3.63, 3.8) is 0 Å². The Balaban J connectivity index is 2.00. The summed E-state index contributed by atoms with van der Waals surface area (Å²) in [5, 5.41) is 6.47. The Morgan fingerprint density at radius 2 is 1.75 bits per heavy atom. The van der Waals surface area contributed by atoms with E-state index in [-0.39, 0.29) is 0 Å². The molecule has 0 unspecified atom stereocenters. The summed E-state index contributed by atoms with van der Waals surface area (Å²) in [6, 6.07) is 10.4. The topological polar surface area (TPSA) is 49.8 Å². The van der Waals surface area contributed by atoms with Gasteiger partial charge in [0.05, 0.1) is 0 Å². The maximum atomic E-state index is 4.23. The normalized spacial score (nSPS) is 10.3. The van der Waals surface area contributed by atoms with Crippen LogP contribution in [0.3, 0.4) is 0 Å². The molecule has 1 heterocycles. The van der Waals surface area contributed by atoms with Crippen LogP contribution >= 0.6 is 0 Å². The third kappa shape index (κ3) is 4.23. The Morgan fingerprint density at radius 3 is 2.45 bits per heavy atom. The summed E-state index contributed by atoms with van der Waals surface area (Å²) in [6.07, 6.45) is 5.18. The van der Waals surface area contributed by atoms with Crippen LogP contribution in [0.25, 0.3) is 0 Å². The Morgan fingerprint density at radius 1 is 1.00 bits per heavy atom. The average Bonchev–Trinajstić information content (AvgIpc) is 2.47. The second-order valence-electron chi connectivity index (χ2n) is 4.74. The van der Waals surface area contributed by atoms with Crippen LogP contribution in [0.5, 0.6) is 0 Å². The Hall–Kier alpha value is -2.10. The summed E-state index contributed by atoms with van der Waals surface area (Å²) in [7, 11) is 0.